The fourth-order valence-corrected chi connectivity index (χ4v) is 1.73. The average molecular weight is 275 g/mol. The van der Waals surface area contributed by atoms with Crippen molar-refractivity contribution in [2.75, 3.05) is 0 Å². The first-order chi connectivity index (χ1) is 9.45. The van der Waals surface area contributed by atoms with Crippen molar-refractivity contribution in [3.05, 3.63) is 45.1 Å². The molecule has 2 aromatic rings. The number of hydrogen-bond donors (Lipinski definition) is 2. The van der Waals surface area contributed by atoms with E-state index >= 15 is 0 Å². The Hall–Kier alpha value is -2.44. The molecule has 0 radical (unpaired) electrons. The highest BCUT2D eigenvalue weighted by atomic mass is 16.2. The van der Waals surface area contributed by atoms with Crippen LogP contribution in [0.4, 0.5) is 0 Å². The SMILES string of the molecule is Cc1cc(CNC(=O)Cn2nc(C)c(C)cc2=O)n[nH]1. The summed E-state index contributed by atoms with van der Waals surface area (Å²) in [5.74, 6) is -0.275. The van der Waals surface area contributed by atoms with Gasteiger partial charge >= 0.3 is 0 Å². The van der Waals surface area contributed by atoms with Crippen LogP contribution in [0.1, 0.15) is 22.6 Å². The van der Waals surface area contributed by atoms with E-state index in [9.17, 15) is 9.59 Å². The van der Waals surface area contributed by atoms with Crippen LogP contribution in [0.3, 0.4) is 0 Å². The third kappa shape index (κ3) is 3.31. The van der Waals surface area contributed by atoms with Crippen molar-refractivity contribution in [3.63, 3.8) is 0 Å². The smallest absolute Gasteiger partial charge is 0.267 e. The van der Waals surface area contributed by atoms with Gasteiger partial charge in [-0.05, 0) is 32.4 Å². The maximum absolute atomic E-state index is 11.8. The number of nitrogens with zero attached hydrogens (tertiary/aromatic N) is 3. The number of aryl methyl sites for hydroxylation is 3. The maximum Gasteiger partial charge on any atom is 0.267 e. The van der Waals surface area contributed by atoms with E-state index in [4.69, 9.17) is 0 Å². The quantitative estimate of drug-likeness (QED) is 0.834. The van der Waals surface area contributed by atoms with E-state index in [2.05, 4.69) is 20.6 Å². The summed E-state index contributed by atoms with van der Waals surface area (Å²) in [6, 6.07) is 3.33. The molecule has 0 aliphatic heterocycles. The lowest BCUT2D eigenvalue weighted by Crippen LogP contribution is -2.33. The van der Waals surface area contributed by atoms with Crippen LogP contribution in [0.25, 0.3) is 0 Å². The van der Waals surface area contributed by atoms with Gasteiger partial charge in [0.25, 0.3) is 5.56 Å². The summed E-state index contributed by atoms with van der Waals surface area (Å²) in [6.07, 6.45) is 0. The second kappa shape index (κ2) is 5.68. The molecule has 2 aromatic heterocycles. The minimum atomic E-state index is -0.279. The van der Waals surface area contributed by atoms with Gasteiger partial charge in [-0.1, -0.05) is 0 Å². The number of aromatic nitrogens is 4. The van der Waals surface area contributed by atoms with E-state index in [1.54, 1.807) is 6.92 Å². The summed E-state index contributed by atoms with van der Waals surface area (Å²) in [6.45, 7) is 5.73. The second-order valence-corrected chi connectivity index (χ2v) is 4.73. The Morgan fingerprint density at radius 3 is 2.75 bits per heavy atom. The summed E-state index contributed by atoms with van der Waals surface area (Å²) in [5.41, 5.74) is 2.95. The Labute approximate surface area is 116 Å². The molecular formula is C13H17N5O2. The van der Waals surface area contributed by atoms with Crippen LogP contribution in [-0.4, -0.2) is 25.9 Å². The summed E-state index contributed by atoms with van der Waals surface area (Å²) in [7, 11) is 0. The average Bonchev–Trinajstić information content (AvgIpc) is 2.79. The van der Waals surface area contributed by atoms with Gasteiger partial charge in [0.05, 0.1) is 17.9 Å². The monoisotopic (exact) mass is 275 g/mol. The maximum atomic E-state index is 11.8. The molecule has 7 heteroatoms. The highest BCUT2D eigenvalue weighted by Gasteiger charge is 2.08. The van der Waals surface area contributed by atoms with Crippen molar-refractivity contribution in [1.82, 2.24) is 25.3 Å². The van der Waals surface area contributed by atoms with Crippen LogP contribution in [-0.2, 0) is 17.9 Å². The molecule has 0 aliphatic rings. The Kier molecular flexibility index (Phi) is 3.97. The summed E-state index contributed by atoms with van der Waals surface area (Å²) in [4.78, 5) is 23.5. The molecular weight excluding hydrogens is 258 g/mol. The molecule has 0 saturated carbocycles. The third-order valence-electron chi connectivity index (χ3n) is 2.95. The molecule has 0 bridgehead atoms. The fourth-order valence-electron chi connectivity index (χ4n) is 1.73. The number of nitrogens with one attached hydrogen (secondary N) is 2. The van der Waals surface area contributed by atoms with Crippen LogP contribution in [0.15, 0.2) is 16.9 Å². The Balaban J connectivity index is 1.98. The van der Waals surface area contributed by atoms with E-state index in [0.29, 0.717) is 6.54 Å². The largest absolute Gasteiger partial charge is 0.349 e. The lowest BCUT2D eigenvalue weighted by atomic mass is 10.2. The molecule has 0 fully saturated rings. The number of H-pyrrole nitrogens is 1. The van der Waals surface area contributed by atoms with Gasteiger partial charge in [-0.15, -0.1) is 0 Å². The molecule has 0 aromatic carbocycles. The molecule has 0 aliphatic carbocycles. The highest BCUT2D eigenvalue weighted by molar-refractivity contribution is 5.75. The van der Waals surface area contributed by atoms with Gasteiger partial charge < -0.3 is 5.32 Å². The molecule has 0 spiro atoms. The predicted molar refractivity (Wildman–Crippen MR) is 73.1 cm³/mol. The van der Waals surface area contributed by atoms with Crippen LogP contribution < -0.4 is 10.9 Å². The Morgan fingerprint density at radius 1 is 1.35 bits per heavy atom. The number of hydrogen-bond acceptors (Lipinski definition) is 4. The number of rotatable bonds is 4. The first kappa shape index (κ1) is 14.0. The molecule has 7 nitrogen and oxygen atoms in total. The molecule has 106 valence electrons. The molecule has 0 unspecified atom stereocenters. The first-order valence-electron chi connectivity index (χ1n) is 6.28. The van der Waals surface area contributed by atoms with Gasteiger partial charge in [0.1, 0.15) is 6.54 Å². The molecule has 2 N–H and O–H groups in total. The van der Waals surface area contributed by atoms with Crippen molar-refractivity contribution in [1.29, 1.82) is 0 Å². The summed E-state index contributed by atoms with van der Waals surface area (Å²) in [5, 5.41) is 13.6. The zero-order valence-electron chi connectivity index (χ0n) is 11.7. The molecule has 0 atom stereocenters. The number of aromatic amines is 1. The van der Waals surface area contributed by atoms with Crippen LogP contribution in [0.2, 0.25) is 0 Å². The number of amides is 1. The normalized spacial score (nSPS) is 10.6. The lowest BCUT2D eigenvalue weighted by molar-refractivity contribution is -0.122. The minimum Gasteiger partial charge on any atom is -0.349 e. The van der Waals surface area contributed by atoms with Crippen molar-refractivity contribution in [2.45, 2.75) is 33.9 Å². The predicted octanol–water partition coefficient (Wildman–Crippen LogP) is 0.208. The molecule has 20 heavy (non-hydrogen) atoms. The summed E-state index contributed by atoms with van der Waals surface area (Å²) >= 11 is 0. The van der Waals surface area contributed by atoms with E-state index in [1.807, 2.05) is 19.9 Å². The molecule has 2 heterocycles. The minimum absolute atomic E-state index is 0.0939. The zero-order chi connectivity index (χ0) is 14.7. The van der Waals surface area contributed by atoms with E-state index in [1.165, 1.54) is 6.07 Å². The number of carbonyl (C=O) groups excluding carboxylic acids is 1. The zero-order valence-corrected chi connectivity index (χ0v) is 11.7. The fraction of sp³-hybridized carbons (Fsp3) is 0.385. The van der Waals surface area contributed by atoms with Crippen LogP contribution in [0.5, 0.6) is 0 Å². The second-order valence-electron chi connectivity index (χ2n) is 4.73. The highest BCUT2D eigenvalue weighted by Crippen LogP contribution is 1.98. The number of carbonyl (C=O) groups is 1. The van der Waals surface area contributed by atoms with Gasteiger partial charge in [0, 0.05) is 11.8 Å². The molecule has 0 saturated heterocycles. The molecule has 2 rings (SSSR count). The van der Waals surface area contributed by atoms with E-state index < -0.39 is 0 Å². The van der Waals surface area contributed by atoms with Crippen LogP contribution >= 0.6 is 0 Å². The van der Waals surface area contributed by atoms with Crippen molar-refractivity contribution in [2.24, 2.45) is 0 Å². The van der Waals surface area contributed by atoms with Gasteiger partial charge in [-0.2, -0.15) is 10.2 Å². The standard InChI is InChI=1S/C13H17N5O2/c1-8-4-13(20)18(17-10(8)3)7-12(19)14-6-11-5-9(2)15-16-11/h4-5H,6-7H2,1-3H3,(H,14,19)(H,15,16). The van der Waals surface area contributed by atoms with Crippen molar-refractivity contribution >= 4 is 5.91 Å². The molecule has 1 amide bonds. The van der Waals surface area contributed by atoms with E-state index in [-0.39, 0.29) is 18.0 Å². The van der Waals surface area contributed by atoms with Gasteiger partial charge in [-0.3, -0.25) is 14.7 Å². The van der Waals surface area contributed by atoms with Crippen LogP contribution in [0, 0.1) is 20.8 Å². The topological polar surface area (TPSA) is 92.7 Å². The summed E-state index contributed by atoms with van der Waals surface area (Å²) < 4.78 is 1.16. The van der Waals surface area contributed by atoms with Crippen molar-refractivity contribution < 1.29 is 4.79 Å². The third-order valence-corrected chi connectivity index (χ3v) is 2.95. The Morgan fingerprint density at radius 2 is 2.10 bits per heavy atom. The van der Waals surface area contributed by atoms with Gasteiger partial charge in [0.2, 0.25) is 5.91 Å². The van der Waals surface area contributed by atoms with Gasteiger partial charge in [0.15, 0.2) is 0 Å². The van der Waals surface area contributed by atoms with E-state index in [0.717, 1.165) is 27.3 Å². The van der Waals surface area contributed by atoms with Crippen molar-refractivity contribution in [3.8, 4) is 0 Å². The lowest BCUT2D eigenvalue weighted by Gasteiger charge is -2.07. The first-order valence-corrected chi connectivity index (χ1v) is 6.28. The van der Waals surface area contributed by atoms with Gasteiger partial charge in [-0.25, -0.2) is 4.68 Å². The Bertz CT molecular complexity index is 686.